The second-order valence-electron chi connectivity index (χ2n) is 4.06. The number of carbonyl (C=O) groups excluding carboxylic acids is 1. The van der Waals surface area contributed by atoms with Gasteiger partial charge in [-0.1, -0.05) is 17.7 Å². The van der Waals surface area contributed by atoms with Crippen molar-refractivity contribution >= 4 is 39.1 Å². The van der Waals surface area contributed by atoms with E-state index in [0.29, 0.717) is 20.9 Å². The van der Waals surface area contributed by atoms with Gasteiger partial charge in [-0.05, 0) is 47.1 Å². The number of amides is 1. The summed E-state index contributed by atoms with van der Waals surface area (Å²) in [6.07, 6.45) is 2.56. The zero-order chi connectivity index (χ0) is 14.5. The first kappa shape index (κ1) is 14.8. The second-order valence-corrected chi connectivity index (χ2v) is 5.35. The van der Waals surface area contributed by atoms with Crippen LogP contribution in [0.15, 0.2) is 47.2 Å². The Morgan fingerprint density at radius 1 is 1.45 bits per heavy atom. The summed E-state index contributed by atoms with van der Waals surface area (Å²) < 4.78 is 6.25. The molecule has 104 valence electrons. The van der Waals surface area contributed by atoms with E-state index in [2.05, 4.69) is 26.2 Å². The Balaban J connectivity index is 2.01. The number of benzene rings is 1. The number of ether oxygens (including phenoxy) is 1. The third-order valence-corrected chi connectivity index (χ3v) is 3.38. The van der Waals surface area contributed by atoms with Crippen LogP contribution >= 0.6 is 27.5 Å². The van der Waals surface area contributed by atoms with E-state index in [0.717, 1.165) is 0 Å². The largest absolute Gasteiger partial charge is 0.481 e. The van der Waals surface area contributed by atoms with Crippen molar-refractivity contribution in [2.45, 2.75) is 13.0 Å². The topological polar surface area (TPSA) is 51.2 Å². The Bertz CT molecular complexity index is 622. The van der Waals surface area contributed by atoms with Gasteiger partial charge in [0.05, 0.1) is 10.2 Å². The van der Waals surface area contributed by atoms with E-state index in [-0.39, 0.29) is 5.91 Å². The number of hydrogen-bond donors (Lipinski definition) is 1. The minimum absolute atomic E-state index is 0.253. The first-order chi connectivity index (χ1) is 9.56. The van der Waals surface area contributed by atoms with Crippen LogP contribution in [0.4, 0.5) is 5.69 Å². The molecule has 0 bridgehead atoms. The van der Waals surface area contributed by atoms with Gasteiger partial charge in [0.15, 0.2) is 6.10 Å². The SMILES string of the molecule is CC(Oc1cccc(Cl)c1)C(=O)Nc1ccncc1Br. The van der Waals surface area contributed by atoms with E-state index >= 15 is 0 Å². The van der Waals surface area contributed by atoms with Gasteiger partial charge in [-0.2, -0.15) is 0 Å². The third kappa shape index (κ3) is 3.95. The first-order valence-electron chi connectivity index (χ1n) is 5.89. The molecule has 1 N–H and O–H groups in total. The van der Waals surface area contributed by atoms with Crippen molar-refractivity contribution in [2.75, 3.05) is 5.32 Å². The minimum Gasteiger partial charge on any atom is -0.481 e. The van der Waals surface area contributed by atoms with E-state index in [1.807, 2.05) is 0 Å². The zero-order valence-electron chi connectivity index (χ0n) is 10.6. The smallest absolute Gasteiger partial charge is 0.265 e. The van der Waals surface area contributed by atoms with Crippen molar-refractivity contribution in [3.63, 3.8) is 0 Å². The molecule has 1 amide bonds. The minimum atomic E-state index is -0.645. The van der Waals surface area contributed by atoms with Crippen molar-refractivity contribution in [3.05, 3.63) is 52.2 Å². The summed E-state index contributed by atoms with van der Waals surface area (Å²) in [5.74, 6) is 0.297. The van der Waals surface area contributed by atoms with Gasteiger partial charge >= 0.3 is 0 Å². The highest BCUT2D eigenvalue weighted by Crippen LogP contribution is 2.21. The number of anilines is 1. The van der Waals surface area contributed by atoms with Crippen molar-refractivity contribution < 1.29 is 9.53 Å². The Morgan fingerprint density at radius 3 is 2.95 bits per heavy atom. The fourth-order valence-electron chi connectivity index (χ4n) is 1.51. The lowest BCUT2D eigenvalue weighted by molar-refractivity contribution is -0.122. The highest BCUT2D eigenvalue weighted by atomic mass is 79.9. The number of pyridine rings is 1. The van der Waals surface area contributed by atoms with Crippen LogP contribution < -0.4 is 10.1 Å². The number of halogens is 2. The second kappa shape index (κ2) is 6.72. The van der Waals surface area contributed by atoms with Crippen LogP contribution in [0.5, 0.6) is 5.75 Å². The van der Waals surface area contributed by atoms with Crippen LogP contribution in [-0.4, -0.2) is 17.0 Å². The predicted molar refractivity (Wildman–Crippen MR) is 82.1 cm³/mol. The molecule has 0 aliphatic rings. The molecule has 1 unspecified atom stereocenters. The maximum absolute atomic E-state index is 12.0. The average molecular weight is 356 g/mol. The van der Waals surface area contributed by atoms with Crippen LogP contribution in [0.3, 0.4) is 0 Å². The van der Waals surface area contributed by atoms with Crippen LogP contribution in [0.1, 0.15) is 6.92 Å². The summed E-state index contributed by atoms with van der Waals surface area (Å²) in [4.78, 5) is 16.0. The van der Waals surface area contributed by atoms with E-state index in [9.17, 15) is 4.79 Å². The molecule has 0 saturated heterocycles. The van der Waals surface area contributed by atoms with Crippen LogP contribution in [0, 0.1) is 0 Å². The zero-order valence-corrected chi connectivity index (χ0v) is 13.0. The van der Waals surface area contributed by atoms with E-state index in [1.54, 1.807) is 49.6 Å². The van der Waals surface area contributed by atoms with E-state index in [1.165, 1.54) is 0 Å². The summed E-state index contributed by atoms with van der Waals surface area (Å²) in [6.45, 7) is 1.67. The van der Waals surface area contributed by atoms with E-state index < -0.39 is 6.10 Å². The number of carbonyl (C=O) groups is 1. The van der Waals surface area contributed by atoms with Gasteiger partial charge in [0.25, 0.3) is 5.91 Å². The molecule has 2 aromatic rings. The normalized spacial score (nSPS) is 11.8. The Hall–Kier alpha value is -1.59. The number of rotatable bonds is 4. The number of aromatic nitrogens is 1. The number of nitrogens with one attached hydrogen (secondary N) is 1. The molecule has 2 rings (SSSR count). The highest BCUT2D eigenvalue weighted by molar-refractivity contribution is 9.10. The molecular formula is C14H12BrClN2O2. The van der Waals surface area contributed by atoms with Gasteiger partial charge in [0, 0.05) is 17.4 Å². The molecule has 1 aromatic heterocycles. The van der Waals surface area contributed by atoms with Gasteiger partial charge in [0.1, 0.15) is 5.75 Å². The van der Waals surface area contributed by atoms with Gasteiger partial charge in [-0.25, -0.2) is 0 Å². The Morgan fingerprint density at radius 2 is 2.25 bits per heavy atom. The van der Waals surface area contributed by atoms with Gasteiger partial charge < -0.3 is 10.1 Å². The lowest BCUT2D eigenvalue weighted by atomic mass is 10.3. The summed E-state index contributed by atoms with van der Waals surface area (Å²) >= 11 is 9.18. The third-order valence-electron chi connectivity index (χ3n) is 2.51. The summed E-state index contributed by atoms with van der Waals surface area (Å²) in [5, 5.41) is 3.32. The molecule has 0 spiro atoms. The predicted octanol–water partition coefficient (Wildman–Crippen LogP) is 3.90. The summed E-state index contributed by atoms with van der Waals surface area (Å²) in [7, 11) is 0. The standard InChI is InChI=1S/C14H12BrClN2O2/c1-9(20-11-4-2-3-10(16)7-11)14(19)18-13-5-6-17-8-12(13)15/h2-9H,1H3,(H,17,18,19). The first-order valence-corrected chi connectivity index (χ1v) is 7.06. The molecule has 0 saturated carbocycles. The van der Waals surface area contributed by atoms with Gasteiger partial charge in [-0.3, -0.25) is 9.78 Å². The maximum Gasteiger partial charge on any atom is 0.265 e. The lowest BCUT2D eigenvalue weighted by Gasteiger charge is -2.15. The highest BCUT2D eigenvalue weighted by Gasteiger charge is 2.16. The molecule has 0 fully saturated rings. The molecule has 1 atom stereocenters. The Kier molecular flexibility index (Phi) is 4.98. The molecular weight excluding hydrogens is 344 g/mol. The number of nitrogens with zero attached hydrogens (tertiary/aromatic N) is 1. The van der Waals surface area contributed by atoms with Crippen molar-refractivity contribution in [1.29, 1.82) is 0 Å². The summed E-state index contributed by atoms with van der Waals surface area (Å²) in [5.41, 5.74) is 0.645. The van der Waals surface area contributed by atoms with Crippen LogP contribution in [-0.2, 0) is 4.79 Å². The van der Waals surface area contributed by atoms with Crippen LogP contribution in [0.2, 0.25) is 5.02 Å². The fraction of sp³-hybridized carbons (Fsp3) is 0.143. The maximum atomic E-state index is 12.0. The molecule has 0 radical (unpaired) electrons. The van der Waals surface area contributed by atoms with Gasteiger partial charge in [-0.15, -0.1) is 0 Å². The van der Waals surface area contributed by atoms with Crippen LogP contribution in [0.25, 0.3) is 0 Å². The quantitative estimate of drug-likeness (QED) is 0.905. The van der Waals surface area contributed by atoms with E-state index in [4.69, 9.17) is 16.3 Å². The summed E-state index contributed by atoms with van der Waals surface area (Å²) in [6, 6.07) is 8.62. The lowest BCUT2D eigenvalue weighted by Crippen LogP contribution is -2.30. The molecule has 1 heterocycles. The number of hydrogen-bond acceptors (Lipinski definition) is 3. The van der Waals surface area contributed by atoms with Gasteiger partial charge in [0.2, 0.25) is 0 Å². The van der Waals surface area contributed by atoms with Crippen molar-refractivity contribution in [3.8, 4) is 5.75 Å². The average Bonchev–Trinajstić information content (AvgIpc) is 2.41. The molecule has 0 aliphatic carbocycles. The Labute approximate surface area is 130 Å². The molecule has 20 heavy (non-hydrogen) atoms. The molecule has 4 nitrogen and oxygen atoms in total. The molecule has 0 aliphatic heterocycles. The monoisotopic (exact) mass is 354 g/mol. The van der Waals surface area contributed by atoms with Crippen molar-refractivity contribution in [2.24, 2.45) is 0 Å². The fourth-order valence-corrected chi connectivity index (χ4v) is 2.04. The van der Waals surface area contributed by atoms with Crippen molar-refractivity contribution in [1.82, 2.24) is 4.98 Å². The molecule has 1 aromatic carbocycles. The molecule has 6 heteroatoms.